The highest BCUT2D eigenvalue weighted by molar-refractivity contribution is 5.36. The fourth-order valence-corrected chi connectivity index (χ4v) is 2.03. The van der Waals surface area contributed by atoms with Crippen molar-refractivity contribution in [1.29, 1.82) is 0 Å². The molecule has 0 radical (unpaired) electrons. The lowest BCUT2D eigenvalue weighted by Crippen LogP contribution is -1.90. The summed E-state index contributed by atoms with van der Waals surface area (Å²) in [7, 11) is 0. The second kappa shape index (κ2) is 7.32. The molecule has 0 aliphatic heterocycles. The van der Waals surface area contributed by atoms with Gasteiger partial charge in [-0.2, -0.15) is 0 Å². The third-order valence-electron chi connectivity index (χ3n) is 2.98. The van der Waals surface area contributed by atoms with Crippen molar-refractivity contribution in [3.63, 3.8) is 0 Å². The molecule has 0 aliphatic rings. The lowest BCUT2D eigenvalue weighted by atomic mass is 10.0. The van der Waals surface area contributed by atoms with E-state index in [1.165, 1.54) is 37.7 Å². The Kier molecular flexibility index (Phi) is 5.99. The predicted molar refractivity (Wildman–Crippen MR) is 69.9 cm³/mol. The Labute approximate surface area is 99.5 Å². The molecule has 1 aromatic carbocycles. The number of hydrogen-bond acceptors (Lipinski definition) is 1. The van der Waals surface area contributed by atoms with Gasteiger partial charge < -0.3 is 5.11 Å². The van der Waals surface area contributed by atoms with E-state index in [-0.39, 0.29) is 0 Å². The number of aryl methyl sites for hydroxylation is 2. The molecular weight excluding hydrogens is 196 g/mol. The van der Waals surface area contributed by atoms with Gasteiger partial charge in [-0.3, -0.25) is 0 Å². The van der Waals surface area contributed by atoms with E-state index in [1.54, 1.807) is 0 Å². The molecule has 90 valence electrons. The molecule has 0 unspecified atom stereocenters. The number of unbranched alkanes of at least 4 members (excludes halogenated alkanes) is 3. The van der Waals surface area contributed by atoms with E-state index in [2.05, 4.69) is 19.9 Å². The zero-order chi connectivity index (χ0) is 11.8. The Balaban J connectivity index is 2.52. The average Bonchev–Trinajstić information content (AvgIpc) is 2.29. The maximum Gasteiger partial charge on any atom is 0.118 e. The summed E-state index contributed by atoms with van der Waals surface area (Å²) in [4.78, 5) is 0. The van der Waals surface area contributed by atoms with E-state index < -0.39 is 0 Å². The first-order valence-electron chi connectivity index (χ1n) is 6.58. The highest BCUT2D eigenvalue weighted by Crippen LogP contribution is 2.21. The van der Waals surface area contributed by atoms with E-state index in [9.17, 15) is 5.11 Å². The third-order valence-corrected chi connectivity index (χ3v) is 2.98. The molecule has 0 fully saturated rings. The third kappa shape index (κ3) is 4.26. The topological polar surface area (TPSA) is 20.2 Å². The molecule has 0 aliphatic carbocycles. The number of phenols is 1. The number of benzene rings is 1. The predicted octanol–water partition coefficient (Wildman–Crippen LogP) is 4.47. The molecular formula is C15H24O. The Morgan fingerprint density at radius 2 is 1.75 bits per heavy atom. The van der Waals surface area contributed by atoms with Crippen LogP contribution in [0, 0.1) is 0 Å². The SMILES string of the molecule is CCCCCCc1cc(CCC)ccc1O. The number of rotatable bonds is 7. The molecule has 1 aromatic rings. The van der Waals surface area contributed by atoms with Crippen LogP contribution in [0.2, 0.25) is 0 Å². The molecule has 1 nitrogen and oxygen atoms in total. The van der Waals surface area contributed by atoms with E-state index in [0.29, 0.717) is 5.75 Å². The van der Waals surface area contributed by atoms with Gasteiger partial charge in [0.15, 0.2) is 0 Å². The van der Waals surface area contributed by atoms with Crippen molar-refractivity contribution in [1.82, 2.24) is 0 Å². The normalized spacial score (nSPS) is 10.6. The van der Waals surface area contributed by atoms with Gasteiger partial charge in [0.1, 0.15) is 5.75 Å². The summed E-state index contributed by atoms with van der Waals surface area (Å²) in [5.41, 5.74) is 2.48. The molecule has 0 aromatic heterocycles. The van der Waals surface area contributed by atoms with E-state index >= 15 is 0 Å². The quantitative estimate of drug-likeness (QED) is 0.672. The monoisotopic (exact) mass is 220 g/mol. The molecule has 1 rings (SSSR count). The van der Waals surface area contributed by atoms with Crippen molar-refractivity contribution in [2.24, 2.45) is 0 Å². The lowest BCUT2D eigenvalue weighted by Gasteiger charge is -2.07. The lowest BCUT2D eigenvalue weighted by molar-refractivity contribution is 0.466. The first-order valence-corrected chi connectivity index (χ1v) is 6.58. The van der Waals surface area contributed by atoms with Crippen LogP contribution in [0.5, 0.6) is 5.75 Å². The number of aromatic hydroxyl groups is 1. The van der Waals surface area contributed by atoms with Crippen molar-refractivity contribution in [3.05, 3.63) is 29.3 Å². The van der Waals surface area contributed by atoms with Gasteiger partial charge in [0.05, 0.1) is 0 Å². The van der Waals surface area contributed by atoms with Crippen LogP contribution in [0.15, 0.2) is 18.2 Å². The second-order valence-electron chi connectivity index (χ2n) is 4.52. The molecule has 0 saturated heterocycles. The smallest absolute Gasteiger partial charge is 0.118 e. The zero-order valence-electron chi connectivity index (χ0n) is 10.6. The minimum atomic E-state index is 0.469. The maximum atomic E-state index is 9.76. The molecule has 0 amide bonds. The van der Waals surface area contributed by atoms with Crippen LogP contribution in [0.3, 0.4) is 0 Å². The molecule has 1 heteroatoms. The van der Waals surface area contributed by atoms with Crippen molar-refractivity contribution in [2.45, 2.75) is 58.8 Å². The Hall–Kier alpha value is -0.980. The first-order chi connectivity index (χ1) is 7.77. The fourth-order valence-electron chi connectivity index (χ4n) is 2.03. The summed E-state index contributed by atoms with van der Waals surface area (Å²) in [5, 5.41) is 9.76. The summed E-state index contributed by atoms with van der Waals surface area (Å²) >= 11 is 0. The minimum absolute atomic E-state index is 0.469. The summed E-state index contributed by atoms with van der Waals surface area (Å²) < 4.78 is 0. The van der Waals surface area contributed by atoms with Gasteiger partial charge in [-0.05, 0) is 36.5 Å². The van der Waals surface area contributed by atoms with Gasteiger partial charge in [0.25, 0.3) is 0 Å². The van der Waals surface area contributed by atoms with Crippen molar-refractivity contribution in [2.75, 3.05) is 0 Å². The first kappa shape index (κ1) is 13.1. The van der Waals surface area contributed by atoms with E-state index in [1.807, 2.05) is 12.1 Å². The summed E-state index contributed by atoms with van der Waals surface area (Å²) in [5.74, 6) is 0.469. The molecule has 16 heavy (non-hydrogen) atoms. The number of hydrogen-bond donors (Lipinski definition) is 1. The van der Waals surface area contributed by atoms with Crippen LogP contribution in [-0.4, -0.2) is 5.11 Å². The minimum Gasteiger partial charge on any atom is -0.508 e. The molecule has 1 N–H and O–H groups in total. The summed E-state index contributed by atoms with van der Waals surface area (Å²) in [6.45, 7) is 4.41. The molecule has 0 saturated carbocycles. The molecule has 0 spiro atoms. The Bertz CT molecular complexity index is 304. The van der Waals surface area contributed by atoms with Crippen LogP contribution in [0.4, 0.5) is 0 Å². The van der Waals surface area contributed by atoms with Crippen molar-refractivity contribution in [3.8, 4) is 5.75 Å². The van der Waals surface area contributed by atoms with Gasteiger partial charge in [-0.25, -0.2) is 0 Å². The van der Waals surface area contributed by atoms with Crippen LogP contribution >= 0.6 is 0 Å². The molecule has 0 bridgehead atoms. The van der Waals surface area contributed by atoms with Gasteiger partial charge in [0.2, 0.25) is 0 Å². The van der Waals surface area contributed by atoms with Crippen molar-refractivity contribution < 1.29 is 5.11 Å². The number of phenolic OH excluding ortho intramolecular Hbond substituents is 1. The summed E-state index contributed by atoms with van der Waals surface area (Å²) in [6.07, 6.45) is 8.33. The zero-order valence-corrected chi connectivity index (χ0v) is 10.6. The fraction of sp³-hybridized carbons (Fsp3) is 0.600. The standard InChI is InChI=1S/C15H24O/c1-3-5-6-7-9-14-12-13(8-4-2)10-11-15(14)16/h10-12,16H,3-9H2,1-2H3. The van der Waals surface area contributed by atoms with Crippen LogP contribution < -0.4 is 0 Å². The highest BCUT2D eigenvalue weighted by Gasteiger charge is 2.02. The van der Waals surface area contributed by atoms with Gasteiger partial charge in [0, 0.05) is 0 Å². The van der Waals surface area contributed by atoms with Crippen molar-refractivity contribution >= 4 is 0 Å². The van der Waals surface area contributed by atoms with E-state index in [0.717, 1.165) is 18.4 Å². The largest absolute Gasteiger partial charge is 0.508 e. The average molecular weight is 220 g/mol. The molecule has 0 atom stereocenters. The molecule has 0 heterocycles. The van der Waals surface area contributed by atoms with Gasteiger partial charge in [-0.15, -0.1) is 0 Å². The van der Waals surface area contributed by atoms with Crippen LogP contribution in [0.1, 0.15) is 57.1 Å². The van der Waals surface area contributed by atoms with Gasteiger partial charge in [-0.1, -0.05) is 51.7 Å². The van der Waals surface area contributed by atoms with Crippen LogP contribution in [0.25, 0.3) is 0 Å². The van der Waals surface area contributed by atoms with Crippen LogP contribution in [-0.2, 0) is 12.8 Å². The Morgan fingerprint density at radius 1 is 0.938 bits per heavy atom. The Morgan fingerprint density at radius 3 is 2.44 bits per heavy atom. The highest BCUT2D eigenvalue weighted by atomic mass is 16.3. The second-order valence-corrected chi connectivity index (χ2v) is 4.52. The van der Waals surface area contributed by atoms with Gasteiger partial charge >= 0.3 is 0 Å². The maximum absolute atomic E-state index is 9.76. The summed E-state index contributed by atoms with van der Waals surface area (Å²) in [6, 6.07) is 6.05. The van der Waals surface area contributed by atoms with E-state index in [4.69, 9.17) is 0 Å².